The second-order valence-corrected chi connectivity index (χ2v) is 7.32. The van der Waals surface area contributed by atoms with Crippen LogP contribution in [-0.4, -0.2) is 69.7 Å². The molecule has 8 nitrogen and oxygen atoms in total. The van der Waals surface area contributed by atoms with Gasteiger partial charge in [0, 0.05) is 49.3 Å². The number of aliphatic hydroxyl groups is 1. The average molecular weight is 350 g/mol. The zero-order chi connectivity index (χ0) is 18.0. The molecule has 2 fully saturated rings. The Labute approximate surface area is 146 Å². The SMILES string of the molecule is Cc1[nH][nH]c(=O)c1CC(=O)N1CCC[C@]2(CCC(=O)N(CCO)C2)C1. The van der Waals surface area contributed by atoms with Crippen LogP contribution >= 0.6 is 0 Å². The molecule has 1 aromatic rings. The van der Waals surface area contributed by atoms with Crippen LogP contribution in [0.25, 0.3) is 0 Å². The van der Waals surface area contributed by atoms with E-state index in [1.165, 1.54) is 0 Å². The van der Waals surface area contributed by atoms with E-state index in [0.717, 1.165) is 19.3 Å². The number of rotatable bonds is 4. The Morgan fingerprint density at radius 3 is 2.72 bits per heavy atom. The Morgan fingerprint density at radius 1 is 1.24 bits per heavy atom. The number of amides is 2. The van der Waals surface area contributed by atoms with Crippen molar-refractivity contribution in [1.29, 1.82) is 0 Å². The Hall–Kier alpha value is -2.09. The van der Waals surface area contributed by atoms with Crippen molar-refractivity contribution in [3.63, 3.8) is 0 Å². The third-order valence-electron chi connectivity index (χ3n) is 5.55. The number of likely N-dealkylation sites (tertiary alicyclic amines) is 2. The summed E-state index contributed by atoms with van der Waals surface area (Å²) < 4.78 is 0. The fourth-order valence-electron chi connectivity index (χ4n) is 4.13. The van der Waals surface area contributed by atoms with Gasteiger partial charge in [-0.05, 0) is 26.2 Å². The molecule has 1 atom stereocenters. The van der Waals surface area contributed by atoms with Crippen molar-refractivity contribution in [3.05, 3.63) is 21.6 Å². The predicted molar refractivity (Wildman–Crippen MR) is 91.0 cm³/mol. The Bertz CT molecular complexity index is 710. The Balaban J connectivity index is 1.69. The molecule has 2 aliphatic rings. The second kappa shape index (κ2) is 7.03. The van der Waals surface area contributed by atoms with Gasteiger partial charge in [0.05, 0.1) is 13.0 Å². The molecule has 0 aliphatic carbocycles. The summed E-state index contributed by atoms with van der Waals surface area (Å²) in [6, 6.07) is 0. The van der Waals surface area contributed by atoms with Crippen LogP contribution in [0.2, 0.25) is 0 Å². The number of aromatic amines is 2. The standard InChI is InChI=1S/C17H26N4O4/c1-12-13(16(25)19-18-12)9-15(24)20-6-2-4-17(10-20)5-3-14(23)21(11-17)7-8-22/h22H,2-11H2,1H3,(H2,18,19,25)/t17-/m0/s1. The lowest BCUT2D eigenvalue weighted by atomic mass is 9.73. The molecule has 0 bridgehead atoms. The van der Waals surface area contributed by atoms with Crippen molar-refractivity contribution in [1.82, 2.24) is 20.0 Å². The minimum Gasteiger partial charge on any atom is -0.395 e. The summed E-state index contributed by atoms with van der Waals surface area (Å²) in [5.41, 5.74) is 0.860. The van der Waals surface area contributed by atoms with Crippen molar-refractivity contribution in [2.75, 3.05) is 32.8 Å². The summed E-state index contributed by atoms with van der Waals surface area (Å²) in [5, 5.41) is 14.4. The minimum absolute atomic E-state index is 0.0417. The largest absolute Gasteiger partial charge is 0.395 e. The van der Waals surface area contributed by atoms with E-state index in [2.05, 4.69) is 10.2 Å². The number of β-amino-alcohol motifs (C(OH)–C–C–N with tert-alkyl or cyclic N) is 1. The topological polar surface area (TPSA) is 110 Å². The molecule has 8 heteroatoms. The molecule has 1 spiro atoms. The number of H-pyrrole nitrogens is 2. The van der Waals surface area contributed by atoms with Crippen LogP contribution in [0, 0.1) is 12.3 Å². The molecule has 0 radical (unpaired) electrons. The van der Waals surface area contributed by atoms with Crippen LogP contribution in [0.3, 0.4) is 0 Å². The zero-order valence-electron chi connectivity index (χ0n) is 14.6. The lowest BCUT2D eigenvalue weighted by Crippen LogP contribution is -2.55. The molecule has 3 rings (SSSR count). The summed E-state index contributed by atoms with van der Waals surface area (Å²) in [5.74, 6) is 0.0375. The van der Waals surface area contributed by atoms with E-state index in [1.807, 2.05) is 4.90 Å². The first-order valence-corrected chi connectivity index (χ1v) is 8.87. The molecule has 2 saturated heterocycles. The number of nitrogens with one attached hydrogen (secondary N) is 2. The zero-order valence-corrected chi connectivity index (χ0v) is 14.6. The average Bonchev–Trinajstić information content (AvgIpc) is 2.91. The number of aromatic nitrogens is 2. The normalized spacial score (nSPS) is 24.2. The molecular formula is C17H26N4O4. The number of nitrogens with zero attached hydrogens (tertiary/aromatic N) is 2. The summed E-state index contributed by atoms with van der Waals surface area (Å²) in [4.78, 5) is 40.0. The fourth-order valence-corrected chi connectivity index (χ4v) is 4.13. The number of aryl methyl sites for hydroxylation is 1. The van der Waals surface area contributed by atoms with Crippen LogP contribution in [0.15, 0.2) is 4.79 Å². The maximum absolute atomic E-state index is 12.7. The highest BCUT2D eigenvalue weighted by molar-refractivity contribution is 5.79. The van der Waals surface area contributed by atoms with Gasteiger partial charge >= 0.3 is 0 Å². The maximum Gasteiger partial charge on any atom is 0.267 e. The van der Waals surface area contributed by atoms with E-state index in [0.29, 0.717) is 43.9 Å². The first kappa shape index (κ1) is 17.7. The van der Waals surface area contributed by atoms with Crippen molar-refractivity contribution in [2.45, 2.75) is 39.0 Å². The van der Waals surface area contributed by atoms with Crippen LogP contribution in [0.5, 0.6) is 0 Å². The number of aliphatic hydroxyl groups excluding tert-OH is 1. The van der Waals surface area contributed by atoms with E-state index in [4.69, 9.17) is 5.11 Å². The molecule has 0 saturated carbocycles. The van der Waals surface area contributed by atoms with Gasteiger partial charge in [-0.15, -0.1) is 0 Å². The molecule has 138 valence electrons. The predicted octanol–water partition coefficient (Wildman–Crippen LogP) is -0.223. The van der Waals surface area contributed by atoms with Gasteiger partial charge in [0.15, 0.2) is 0 Å². The summed E-state index contributed by atoms with van der Waals surface area (Å²) in [7, 11) is 0. The molecule has 1 aromatic heterocycles. The highest BCUT2D eigenvalue weighted by Gasteiger charge is 2.42. The molecule has 0 unspecified atom stereocenters. The van der Waals surface area contributed by atoms with Crippen LogP contribution < -0.4 is 5.56 Å². The van der Waals surface area contributed by atoms with Gasteiger partial charge in [-0.25, -0.2) is 0 Å². The molecule has 25 heavy (non-hydrogen) atoms. The van der Waals surface area contributed by atoms with Gasteiger partial charge in [-0.2, -0.15) is 0 Å². The first-order valence-electron chi connectivity index (χ1n) is 8.87. The second-order valence-electron chi connectivity index (χ2n) is 7.32. The lowest BCUT2D eigenvalue weighted by molar-refractivity contribution is -0.143. The van der Waals surface area contributed by atoms with Gasteiger partial charge in [0.25, 0.3) is 5.56 Å². The van der Waals surface area contributed by atoms with Crippen molar-refractivity contribution >= 4 is 11.8 Å². The molecule has 3 heterocycles. The molecule has 2 amide bonds. The number of piperidine rings is 2. The summed E-state index contributed by atoms with van der Waals surface area (Å²) in [6.07, 6.45) is 3.23. The highest BCUT2D eigenvalue weighted by Crippen LogP contribution is 2.38. The van der Waals surface area contributed by atoms with E-state index in [1.54, 1.807) is 11.8 Å². The quantitative estimate of drug-likeness (QED) is 0.697. The Morgan fingerprint density at radius 2 is 2.04 bits per heavy atom. The molecule has 0 aromatic carbocycles. The smallest absolute Gasteiger partial charge is 0.267 e. The van der Waals surface area contributed by atoms with Gasteiger partial charge in [0.1, 0.15) is 0 Å². The van der Waals surface area contributed by atoms with E-state index in [9.17, 15) is 14.4 Å². The molecular weight excluding hydrogens is 324 g/mol. The van der Waals surface area contributed by atoms with Crippen molar-refractivity contribution < 1.29 is 14.7 Å². The number of hydrogen-bond acceptors (Lipinski definition) is 4. The van der Waals surface area contributed by atoms with Gasteiger partial charge in [-0.3, -0.25) is 19.5 Å². The minimum atomic E-state index is -0.241. The van der Waals surface area contributed by atoms with Crippen molar-refractivity contribution in [3.8, 4) is 0 Å². The fraction of sp³-hybridized carbons (Fsp3) is 0.706. The van der Waals surface area contributed by atoms with Crippen LogP contribution in [0.1, 0.15) is 36.9 Å². The molecule has 3 N–H and O–H groups in total. The lowest BCUT2D eigenvalue weighted by Gasteiger charge is -2.48. The van der Waals surface area contributed by atoms with E-state index < -0.39 is 0 Å². The monoisotopic (exact) mass is 350 g/mol. The molecule has 2 aliphatic heterocycles. The van der Waals surface area contributed by atoms with Gasteiger partial charge in [-0.1, -0.05) is 0 Å². The maximum atomic E-state index is 12.7. The third-order valence-corrected chi connectivity index (χ3v) is 5.55. The van der Waals surface area contributed by atoms with Gasteiger partial charge < -0.3 is 20.0 Å². The highest BCUT2D eigenvalue weighted by atomic mass is 16.3. The van der Waals surface area contributed by atoms with E-state index in [-0.39, 0.29) is 35.8 Å². The summed E-state index contributed by atoms with van der Waals surface area (Å²) >= 11 is 0. The number of hydrogen-bond donors (Lipinski definition) is 3. The summed E-state index contributed by atoms with van der Waals surface area (Å²) in [6.45, 7) is 3.99. The van der Waals surface area contributed by atoms with Crippen LogP contribution in [-0.2, 0) is 16.0 Å². The third kappa shape index (κ3) is 3.63. The Kier molecular flexibility index (Phi) is 4.99. The van der Waals surface area contributed by atoms with Gasteiger partial charge in [0.2, 0.25) is 11.8 Å². The number of carbonyl (C=O) groups is 2. The number of carbonyl (C=O) groups excluding carboxylic acids is 2. The first-order chi connectivity index (χ1) is 11.9. The van der Waals surface area contributed by atoms with E-state index >= 15 is 0 Å². The van der Waals surface area contributed by atoms with Crippen molar-refractivity contribution in [2.24, 2.45) is 5.41 Å². The van der Waals surface area contributed by atoms with Crippen LogP contribution in [0.4, 0.5) is 0 Å².